The minimum atomic E-state index is -0.325. The molecule has 0 fully saturated rings. The van der Waals surface area contributed by atoms with Gasteiger partial charge in [0.05, 0.1) is 6.42 Å². The second-order valence-corrected chi connectivity index (χ2v) is 4.90. The van der Waals surface area contributed by atoms with Gasteiger partial charge in [0, 0.05) is 30.2 Å². The number of hydrogen-bond acceptors (Lipinski definition) is 4. The number of carbonyl (C=O) groups excluding carboxylic acids is 2. The van der Waals surface area contributed by atoms with Gasteiger partial charge in [0.1, 0.15) is 0 Å². The second kappa shape index (κ2) is 8.04. The molecular formula is C14H20N4O2. The largest absolute Gasteiger partial charge is 0.356 e. The van der Waals surface area contributed by atoms with Gasteiger partial charge in [-0.3, -0.25) is 14.6 Å². The highest BCUT2D eigenvalue weighted by Gasteiger charge is 2.06. The third-order valence-corrected chi connectivity index (χ3v) is 2.41. The summed E-state index contributed by atoms with van der Waals surface area (Å²) in [5, 5.41) is 6.69. The molecule has 1 aromatic rings. The maximum absolute atomic E-state index is 11.7. The third kappa shape index (κ3) is 6.08. The normalized spacial score (nSPS) is 11.3. The van der Waals surface area contributed by atoms with Crippen LogP contribution >= 0.6 is 0 Å². The minimum absolute atomic E-state index is 0.0990. The highest BCUT2D eigenvalue weighted by molar-refractivity contribution is 6.01. The first-order chi connectivity index (χ1) is 9.49. The molecule has 0 unspecified atom stereocenters. The molecule has 1 heterocycles. The van der Waals surface area contributed by atoms with Crippen molar-refractivity contribution < 1.29 is 9.59 Å². The SMILES string of the molecule is C/C(CC(=O)NCC(C)C)=N\NC(=O)c1ccncc1. The number of nitrogens with zero attached hydrogens (tertiary/aromatic N) is 2. The number of amides is 2. The van der Waals surface area contributed by atoms with Gasteiger partial charge in [-0.2, -0.15) is 5.10 Å². The maximum Gasteiger partial charge on any atom is 0.271 e. The summed E-state index contributed by atoms with van der Waals surface area (Å²) in [5.74, 6) is -0.0185. The van der Waals surface area contributed by atoms with Crippen LogP contribution in [0.5, 0.6) is 0 Å². The molecule has 0 aliphatic heterocycles. The van der Waals surface area contributed by atoms with Gasteiger partial charge in [0.25, 0.3) is 5.91 Å². The quantitative estimate of drug-likeness (QED) is 0.607. The standard InChI is InChI=1S/C14H20N4O2/c1-10(2)9-16-13(19)8-11(3)17-18-14(20)12-4-6-15-7-5-12/h4-7,10H,8-9H2,1-3H3,(H,16,19)(H,18,20)/b17-11+. The molecule has 0 atom stereocenters. The Labute approximate surface area is 118 Å². The smallest absolute Gasteiger partial charge is 0.271 e. The average Bonchev–Trinajstić information content (AvgIpc) is 2.43. The van der Waals surface area contributed by atoms with Crippen molar-refractivity contribution in [2.45, 2.75) is 27.2 Å². The van der Waals surface area contributed by atoms with Crippen LogP contribution in [-0.4, -0.2) is 29.1 Å². The van der Waals surface area contributed by atoms with Crippen LogP contribution in [-0.2, 0) is 4.79 Å². The molecular weight excluding hydrogens is 256 g/mol. The monoisotopic (exact) mass is 276 g/mol. The molecule has 108 valence electrons. The van der Waals surface area contributed by atoms with Crippen LogP contribution in [0, 0.1) is 5.92 Å². The summed E-state index contributed by atoms with van der Waals surface area (Å²) in [4.78, 5) is 27.1. The predicted molar refractivity (Wildman–Crippen MR) is 77.3 cm³/mol. The van der Waals surface area contributed by atoms with Gasteiger partial charge in [-0.1, -0.05) is 13.8 Å². The predicted octanol–water partition coefficient (Wildman–Crippen LogP) is 1.35. The van der Waals surface area contributed by atoms with Crippen LogP contribution in [0.25, 0.3) is 0 Å². The third-order valence-electron chi connectivity index (χ3n) is 2.41. The van der Waals surface area contributed by atoms with Crippen molar-refractivity contribution in [3.05, 3.63) is 30.1 Å². The minimum Gasteiger partial charge on any atom is -0.356 e. The van der Waals surface area contributed by atoms with Crippen molar-refractivity contribution >= 4 is 17.5 Å². The molecule has 0 aromatic carbocycles. The zero-order chi connectivity index (χ0) is 15.0. The molecule has 1 aromatic heterocycles. The van der Waals surface area contributed by atoms with Crippen molar-refractivity contribution in [2.24, 2.45) is 11.0 Å². The molecule has 2 amide bonds. The van der Waals surface area contributed by atoms with E-state index in [4.69, 9.17) is 0 Å². The van der Waals surface area contributed by atoms with Gasteiger partial charge in [0.15, 0.2) is 0 Å². The highest BCUT2D eigenvalue weighted by Crippen LogP contribution is 1.96. The summed E-state index contributed by atoms with van der Waals surface area (Å²) in [5.41, 5.74) is 3.43. The lowest BCUT2D eigenvalue weighted by atomic mass is 10.2. The molecule has 0 radical (unpaired) electrons. The van der Waals surface area contributed by atoms with E-state index in [0.29, 0.717) is 23.7 Å². The maximum atomic E-state index is 11.7. The summed E-state index contributed by atoms with van der Waals surface area (Å²) in [6, 6.07) is 3.19. The van der Waals surface area contributed by atoms with Crippen molar-refractivity contribution in [3.8, 4) is 0 Å². The molecule has 0 spiro atoms. The van der Waals surface area contributed by atoms with Gasteiger partial charge in [-0.25, -0.2) is 5.43 Å². The number of aromatic nitrogens is 1. The molecule has 0 aliphatic carbocycles. The lowest BCUT2D eigenvalue weighted by Gasteiger charge is -2.07. The van der Waals surface area contributed by atoms with Crippen LogP contribution in [0.4, 0.5) is 0 Å². The Morgan fingerprint density at radius 1 is 1.30 bits per heavy atom. The Balaban J connectivity index is 2.42. The van der Waals surface area contributed by atoms with Gasteiger partial charge in [0.2, 0.25) is 5.91 Å². The fraction of sp³-hybridized carbons (Fsp3) is 0.429. The zero-order valence-corrected chi connectivity index (χ0v) is 12.0. The lowest BCUT2D eigenvalue weighted by molar-refractivity contribution is -0.120. The molecule has 20 heavy (non-hydrogen) atoms. The molecule has 2 N–H and O–H groups in total. The van der Waals surface area contributed by atoms with Gasteiger partial charge in [-0.15, -0.1) is 0 Å². The zero-order valence-electron chi connectivity index (χ0n) is 12.0. The van der Waals surface area contributed by atoms with E-state index < -0.39 is 0 Å². The van der Waals surface area contributed by atoms with Gasteiger partial charge < -0.3 is 5.32 Å². The molecule has 0 saturated carbocycles. The highest BCUT2D eigenvalue weighted by atomic mass is 16.2. The summed E-state index contributed by atoms with van der Waals surface area (Å²) < 4.78 is 0. The molecule has 0 saturated heterocycles. The Bertz CT molecular complexity index is 483. The fourth-order valence-corrected chi connectivity index (χ4v) is 1.37. The van der Waals surface area contributed by atoms with E-state index >= 15 is 0 Å². The van der Waals surface area contributed by atoms with Crippen molar-refractivity contribution in [3.63, 3.8) is 0 Å². The van der Waals surface area contributed by atoms with E-state index in [0.717, 1.165) is 0 Å². The lowest BCUT2D eigenvalue weighted by Crippen LogP contribution is -2.29. The van der Waals surface area contributed by atoms with Crippen LogP contribution in [0.3, 0.4) is 0 Å². The number of nitrogens with one attached hydrogen (secondary N) is 2. The molecule has 1 rings (SSSR count). The van der Waals surface area contributed by atoms with Crippen molar-refractivity contribution in [2.75, 3.05) is 6.54 Å². The molecule has 0 bridgehead atoms. The van der Waals surface area contributed by atoms with E-state index in [1.807, 2.05) is 13.8 Å². The van der Waals surface area contributed by atoms with E-state index in [1.165, 1.54) is 12.4 Å². The first-order valence-electron chi connectivity index (χ1n) is 6.49. The van der Waals surface area contributed by atoms with E-state index in [9.17, 15) is 9.59 Å². The average molecular weight is 276 g/mol. The van der Waals surface area contributed by atoms with Crippen molar-refractivity contribution in [1.82, 2.24) is 15.7 Å². The van der Waals surface area contributed by atoms with Crippen molar-refractivity contribution in [1.29, 1.82) is 0 Å². The van der Waals surface area contributed by atoms with E-state index in [2.05, 4.69) is 20.8 Å². The Hall–Kier alpha value is -2.24. The Kier molecular flexibility index (Phi) is 6.36. The van der Waals surface area contributed by atoms with Crippen LogP contribution in [0.1, 0.15) is 37.6 Å². The fourth-order valence-electron chi connectivity index (χ4n) is 1.37. The molecule has 0 aliphatic rings. The van der Waals surface area contributed by atoms with E-state index in [1.54, 1.807) is 19.1 Å². The number of pyridine rings is 1. The Morgan fingerprint density at radius 3 is 2.55 bits per heavy atom. The van der Waals surface area contributed by atoms with Gasteiger partial charge in [-0.05, 0) is 25.0 Å². The summed E-state index contributed by atoms with van der Waals surface area (Å²) in [7, 11) is 0. The van der Waals surface area contributed by atoms with Crippen LogP contribution < -0.4 is 10.7 Å². The number of carbonyl (C=O) groups is 2. The summed E-state index contributed by atoms with van der Waals surface area (Å²) >= 11 is 0. The summed E-state index contributed by atoms with van der Waals surface area (Å²) in [6.45, 7) is 6.38. The Morgan fingerprint density at radius 2 is 1.95 bits per heavy atom. The second-order valence-electron chi connectivity index (χ2n) is 4.90. The number of rotatable bonds is 6. The molecule has 6 heteroatoms. The van der Waals surface area contributed by atoms with Crippen LogP contribution in [0.2, 0.25) is 0 Å². The number of hydrazone groups is 1. The van der Waals surface area contributed by atoms with E-state index in [-0.39, 0.29) is 18.2 Å². The van der Waals surface area contributed by atoms with Crippen LogP contribution in [0.15, 0.2) is 29.6 Å². The number of hydrogen-bond donors (Lipinski definition) is 2. The topological polar surface area (TPSA) is 83.5 Å². The summed E-state index contributed by atoms with van der Waals surface area (Å²) in [6.07, 6.45) is 3.24. The molecule has 6 nitrogen and oxygen atoms in total. The first-order valence-corrected chi connectivity index (χ1v) is 6.49. The van der Waals surface area contributed by atoms with Gasteiger partial charge >= 0.3 is 0 Å². The first kappa shape index (κ1) is 15.8.